The van der Waals surface area contributed by atoms with Crippen LogP contribution < -0.4 is 16.5 Å². The lowest BCUT2D eigenvalue weighted by Gasteiger charge is -2.56. The first-order chi connectivity index (χ1) is 22.1. The van der Waals surface area contributed by atoms with Gasteiger partial charge in [-0.05, 0) is 28.5 Å². The summed E-state index contributed by atoms with van der Waals surface area (Å²) < 4.78 is 0. The second-order valence-electron chi connectivity index (χ2n) is 9.96. The molecule has 0 bridgehead atoms. The van der Waals surface area contributed by atoms with E-state index in [-0.39, 0.29) is 60.4 Å². The Morgan fingerprint density at radius 1 is 1.22 bits per heavy atom. The number of carboxylic acids is 1. The molecule has 5 rings (SSSR count). The largest absolute Gasteiger partial charge is 0.477 e. The van der Waals surface area contributed by atoms with Gasteiger partial charge in [-0.25, -0.2) is 14.8 Å². The lowest BCUT2D eigenvalue weighted by atomic mass is 9.94. The molecule has 0 spiro atoms. The minimum Gasteiger partial charge on any atom is -0.477 e. The van der Waals surface area contributed by atoms with E-state index < -0.39 is 46.7 Å². The normalized spacial score (nSPS) is 21.7. The van der Waals surface area contributed by atoms with Crippen molar-refractivity contribution >= 4 is 65.9 Å². The Labute approximate surface area is 268 Å². The molecule has 2 saturated heterocycles. The molecule has 0 radical (unpaired) electrons. The zero-order valence-corrected chi connectivity index (χ0v) is 25.6. The number of nitrogen functional groups attached to an aromatic ring is 1. The fraction of sp³-hybridized carbons (Fsp3) is 0.360. The lowest BCUT2D eigenvalue weighted by Crippen LogP contribution is -2.85. The fourth-order valence-electron chi connectivity index (χ4n) is 5.31. The average molecular weight is 674 g/mol. The van der Waals surface area contributed by atoms with Crippen LogP contribution in [-0.2, 0) is 33.6 Å². The molecule has 242 valence electrons. The molecular weight excluding hydrogens is 646 g/mol. The Balaban J connectivity index is 1.45. The smallest absolute Gasteiger partial charge is 0.352 e. The monoisotopic (exact) mass is 673 g/mol. The minimum absolute atomic E-state index is 0.0611. The van der Waals surface area contributed by atoms with E-state index in [0.29, 0.717) is 5.57 Å². The number of nitrogens with zero attached hydrogens (tertiary/aromatic N) is 8. The summed E-state index contributed by atoms with van der Waals surface area (Å²) in [6.07, 6.45) is 0.412. The van der Waals surface area contributed by atoms with Crippen LogP contribution >= 0.6 is 23.5 Å². The van der Waals surface area contributed by atoms with Gasteiger partial charge in [0.1, 0.15) is 11.1 Å². The number of aromatic nitrogens is 4. The number of hydrogen-bond acceptors (Lipinski definition) is 13. The number of benzene rings is 1. The van der Waals surface area contributed by atoms with Crippen LogP contribution in [0.3, 0.4) is 0 Å². The molecular formula is C25H27N11O8S2. The highest BCUT2D eigenvalue weighted by atomic mass is 32.2. The van der Waals surface area contributed by atoms with Crippen molar-refractivity contribution in [2.24, 2.45) is 0 Å². The fourth-order valence-corrected chi connectivity index (χ4v) is 7.67. The van der Waals surface area contributed by atoms with Crippen LogP contribution in [0.15, 0.2) is 46.8 Å². The van der Waals surface area contributed by atoms with Crippen molar-refractivity contribution in [3.8, 4) is 0 Å². The number of nitrogens with two attached hydrogens (primary N) is 1. The molecule has 3 aliphatic rings. The topological polar surface area (TPSA) is 246 Å². The van der Waals surface area contributed by atoms with Crippen molar-refractivity contribution < 1.29 is 38.7 Å². The van der Waals surface area contributed by atoms with Gasteiger partial charge < -0.3 is 26.5 Å². The molecule has 1 unspecified atom stereocenters. The minimum atomic E-state index is -2.12. The van der Waals surface area contributed by atoms with E-state index in [9.17, 15) is 38.7 Å². The van der Waals surface area contributed by atoms with Crippen LogP contribution in [0.5, 0.6) is 0 Å². The van der Waals surface area contributed by atoms with Crippen LogP contribution in [0.1, 0.15) is 18.5 Å². The summed E-state index contributed by atoms with van der Waals surface area (Å²) in [5.74, 6) is 0.508. The molecule has 0 saturated carbocycles. The van der Waals surface area contributed by atoms with Gasteiger partial charge in [-0.1, -0.05) is 47.2 Å². The summed E-state index contributed by atoms with van der Waals surface area (Å²) in [4.78, 5) is 93.4. The van der Waals surface area contributed by atoms with Crippen molar-refractivity contribution in [3.05, 3.63) is 47.2 Å². The molecule has 19 nitrogen and oxygen atoms in total. The van der Waals surface area contributed by atoms with E-state index in [1.165, 1.54) is 17.0 Å². The summed E-state index contributed by atoms with van der Waals surface area (Å²) >= 11 is 2.12. The van der Waals surface area contributed by atoms with Gasteiger partial charge in [0.2, 0.25) is 23.6 Å². The zero-order chi connectivity index (χ0) is 33.2. The maximum atomic E-state index is 14.1. The van der Waals surface area contributed by atoms with Crippen molar-refractivity contribution in [2.75, 3.05) is 37.0 Å². The number of likely N-dealkylation sites (N-methyl/N-ethyl adjacent to an activating group) is 1. The number of rotatable bonds is 13. The average Bonchev–Trinajstić information content (AvgIpc) is 3.47. The number of carbonyl (C=O) groups excluding carboxylic acids is 6. The summed E-state index contributed by atoms with van der Waals surface area (Å²) in [6, 6.07) is 6.26. The Morgan fingerprint density at radius 2 is 1.96 bits per heavy atom. The van der Waals surface area contributed by atoms with Crippen molar-refractivity contribution in [2.45, 2.75) is 29.2 Å². The first kappa shape index (κ1) is 32.2. The number of hydrogen-bond donors (Lipinski definition) is 4. The maximum Gasteiger partial charge on any atom is 0.352 e. The Bertz CT molecular complexity index is 1620. The number of aliphatic carboxylic acids is 1. The quantitative estimate of drug-likeness (QED) is 0.0416. The first-order valence-corrected chi connectivity index (χ1v) is 15.6. The van der Waals surface area contributed by atoms with Gasteiger partial charge in [0, 0.05) is 24.6 Å². The van der Waals surface area contributed by atoms with Crippen LogP contribution in [0.4, 0.5) is 0 Å². The third-order valence-corrected chi connectivity index (χ3v) is 9.90. The maximum absolute atomic E-state index is 14.1. The molecule has 1 aromatic carbocycles. The highest BCUT2D eigenvalue weighted by Gasteiger charge is 2.66. The van der Waals surface area contributed by atoms with Crippen molar-refractivity contribution in [1.82, 2.24) is 50.8 Å². The molecule has 5 N–H and O–H groups in total. The number of thioether (sulfide) groups is 2. The van der Waals surface area contributed by atoms with E-state index >= 15 is 0 Å². The second-order valence-corrected chi connectivity index (χ2v) is 12.0. The standard InChI is InChI=1S/C25H27N11O8S2/c1-2-32-8-9-33(20(41)19(32)40)34(13-38)16(14-6-4-3-5-7-14)18(39)28-25(27-12-37)22(44)35-17(21(42)43)15(10-45-23(25)35)11-46-24-29-30-31-36(24)26/h3-7,12-13,16,23H,2,8-11,26H2,1H3,(H,27,37)(H,28,39)(H,42,43)/t16?,23-,25+/m0/s1. The molecule has 2 fully saturated rings. The van der Waals surface area contributed by atoms with E-state index in [0.717, 1.165) is 43.2 Å². The Kier molecular flexibility index (Phi) is 9.14. The van der Waals surface area contributed by atoms with Crippen LogP contribution in [0.25, 0.3) is 0 Å². The third-order valence-electron chi connectivity index (χ3n) is 7.48. The van der Waals surface area contributed by atoms with Gasteiger partial charge in [0.15, 0.2) is 6.04 Å². The third kappa shape index (κ3) is 5.46. The molecule has 0 aliphatic carbocycles. The summed E-state index contributed by atoms with van der Waals surface area (Å²) in [7, 11) is 0. The molecule has 3 aliphatic heterocycles. The van der Waals surface area contributed by atoms with Gasteiger partial charge in [0.25, 0.3) is 11.8 Å². The van der Waals surface area contributed by atoms with Gasteiger partial charge >= 0.3 is 17.8 Å². The van der Waals surface area contributed by atoms with Gasteiger partial charge in [-0.2, -0.15) is 0 Å². The number of amides is 6. The number of fused-ring (bicyclic) bond motifs is 1. The van der Waals surface area contributed by atoms with Crippen LogP contribution in [0, 0.1) is 0 Å². The number of nitrogens with one attached hydrogen (secondary N) is 2. The summed E-state index contributed by atoms with van der Waals surface area (Å²) in [5.41, 5.74) is -1.90. The Morgan fingerprint density at radius 3 is 2.57 bits per heavy atom. The van der Waals surface area contributed by atoms with E-state index in [2.05, 4.69) is 26.2 Å². The number of β-lactam (4-membered cyclic amide) rings is 1. The van der Waals surface area contributed by atoms with Crippen molar-refractivity contribution in [1.29, 1.82) is 0 Å². The number of piperazine rings is 1. The Hall–Kier alpha value is -5.18. The van der Waals surface area contributed by atoms with Gasteiger partial charge in [-0.15, -0.1) is 16.6 Å². The second kappa shape index (κ2) is 13.0. The van der Waals surface area contributed by atoms with E-state index in [4.69, 9.17) is 5.84 Å². The molecule has 4 heterocycles. The number of tetrazole rings is 1. The molecule has 3 atom stereocenters. The molecule has 46 heavy (non-hydrogen) atoms. The predicted molar refractivity (Wildman–Crippen MR) is 158 cm³/mol. The lowest BCUT2D eigenvalue weighted by molar-refractivity contribution is -0.178. The van der Waals surface area contributed by atoms with Gasteiger partial charge in [0.05, 0.1) is 6.54 Å². The number of hydrazine groups is 1. The van der Waals surface area contributed by atoms with Crippen LogP contribution in [0.2, 0.25) is 0 Å². The molecule has 6 amide bonds. The first-order valence-electron chi connectivity index (χ1n) is 13.6. The predicted octanol–water partition coefficient (Wildman–Crippen LogP) is -2.90. The van der Waals surface area contributed by atoms with Gasteiger partial charge in [-0.3, -0.25) is 33.7 Å². The molecule has 1 aromatic heterocycles. The zero-order valence-electron chi connectivity index (χ0n) is 24.0. The van der Waals surface area contributed by atoms with Crippen LogP contribution in [-0.4, -0.2) is 130 Å². The van der Waals surface area contributed by atoms with Crippen molar-refractivity contribution in [3.63, 3.8) is 0 Å². The SMILES string of the molecule is CCN1CCN(N(C=O)C(C(=O)N[C@]2(NC=O)C(=O)N3C(C(=O)O)=C(CSc4nnnn4N)CS[C@H]32)c2ccccc2)C(=O)C1=O. The highest BCUT2D eigenvalue weighted by Crippen LogP contribution is 2.46. The van der Waals surface area contributed by atoms with E-state index in [1.54, 1.807) is 25.1 Å². The van der Waals surface area contributed by atoms with E-state index in [1.807, 2.05) is 0 Å². The summed E-state index contributed by atoms with van der Waals surface area (Å²) in [6.45, 7) is 1.96. The number of carbonyl (C=O) groups is 7. The molecule has 2 aromatic rings. The summed E-state index contributed by atoms with van der Waals surface area (Å²) in [5, 5.41) is 26.3. The highest BCUT2D eigenvalue weighted by molar-refractivity contribution is 8.01. The molecule has 21 heteroatoms. The number of carboxylic acid groups (broad SMARTS) is 1.